The zero-order chi connectivity index (χ0) is 23.0. The van der Waals surface area contributed by atoms with Crippen LogP contribution in [-0.4, -0.2) is 53.8 Å². The van der Waals surface area contributed by atoms with E-state index in [9.17, 15) is 19.8 Å². The lowest BCUT2D eigenvalue weighted by molar-refractivity contribution is -0.125. The number of para-hydroxylation sites is 1. The zero-order valence-electron chi connectivity index (χ0n) is 18.0. The Bertz CT molecular complexity index is 1110. The Balaban J connectivity index is 1.60. The van der Waals surface area contributed by atoms with Crippen LogP contribution in [0.3, 0.4) is 0 Å². The molecule has 2 atom stereocenters. The van der Waals surface area contributed by atoms with E-state index in [2.05, 4.69) is 10.6 Å². The smallest absolute Gasteiger partial charge is 0.257 e. The second kappa shape index (κ2) is 8.43. The molecule has 0 spiro atoms. The molecule has 2 aromatic carbocycles. The third kappa shape index (κ3) is 3.71. The average molecular weight is 439 g/mol. The average Bonchev–Trinajstić information content (AvgIpc) is 3.26. The molecule has 168 valence electrons. The number of fused-ring (bicyclic) bond motifs is 1. The molecule has 2 aromatic rings. The Morgan fingerprint density at radius 2 is 1.97 bits per heavy atom. The molecular weight excluding hydrogens is 414 g/mol. The Morgan fingerprint density at radius 3 is 2.69 bits per heavy atom. The van der Waals surface area contributed by atoms with Crippen molar-refractivity contribution < 1.29 is 29.3 Å². The fraction of sp³-hybridized carbons (Fsp3) is 0.304. The van der Waals surface area contributed by atoms with E-state index in [0.717, 1.165) is 5.56 Å². The summed E-state index contributed by atoms with van der Waals surface area (Å²) in [7, 11) is 3.17. The van der Waals surface area contributed by atoms with Crippen LogP contribution in [0.25, 0.3) is 0 Å². The van der Waals surface area contributed by atoms with E-state index in [-0.39, 0.29) is 47.1 Å². The topological polar surface area (TPSA) is 120 Å². The number of carbonyl (C=O) groups is 2. The summed E-state index contributed by atoms with van der Waals surface area (Å²) < 4.78 is 10.8. The van der Waals surface area contributed by atoms with Gasteiger partial charge in [0.15, 0.2) is 23.4 Å². The first-order chi connectivity index (χ1) is 15.3. The number of anilines is 1. The van der Waals surface area contributed by atoms with Gasteiger partial charge in [0.25, 0.3) is 5.91 Å². The van der Waals surface area contributed by atoms with Crippen LogP contribution in [-0.2, 0) is 4.79 Å². The van der Waals surface area contributed by atoms with Crippen molar-refractivity contribution in [1.29, 1.82) is 0 Å². The zero-order valence-corrected chi connectivity index (χ0v) is 18.0. The summed E-state index contributed by atoms with van der Waals surface area (Å²) in [5.41, 5.74) is 1.70. The summed E-state index contributed by atoms with van der Waals surface area (Å²) in [5, 5.41) is 26.9. The first-order valence-corrected chi connectivity index (χ1v) is 10.2. The molecule has 2 unspecified atom stereocenters. The van der Waals surface area contributed by atoms with E-state index < -0.39 is 11.9 Å². The molecule has 0 bridgehead atoms. The summed E-state index contributed by atoms with van der Waals surface area (Å²) in [6.07, 6.45) is -0.683. The van der Waals surface area contributed by atoms with Crippen molar-refractivity contribution in [1.82, 2.24) is 10.2 Å². The van der Waals surface area contributed by atoms with Crippen LogP contribution in [0.1, 0.15) is 35.3 Å². The van der Waals surface area contributed by atoms with Gasteiger partial charge in [-0.15, -0.1) is 0 Å². The van der Waals surface area contributed by atoms with Gasteiger partial charge in [-0.25, -0.2) is 0 Å². The number of ether oxygens (including phenoxy) is 2. The first kappa shape index (κ1) is 21.5. The van der Waals surface area contributed by atoms with Crippen LogP contribution >= 0.6 is 0 Å². The number of nitrogens with one attached hydrogen (secondary N) is 2. The molecule has 0 saturated carbocycles. The minimum Gasteiger partial charge on any atom is -0.505 e. The fourth-order valence-electron chi connectivity index (χ4n) is 3.67. The number of amides is 1. The van der Waals surface area contributed by atoms with E-state index in [1.165, 1.54) is 11.0 Å². The van der Waals surface area contributed by atoms with Crippen molar-refractivity contribution in [2.75, 3.05) is 26.2 Å². The molecule has 1 amide bonds. The van der Waals surface area contributed by atoms with Gasteiger partial charge in [0.05, 0.1) is 23.0 Å². The van der Waals surface area contributed by atoms with Crippen molar-refractivity contribution in [3.05, 3.63) is 58.9 Å². The second-order valence-corrected chi connectivity index (χ2v) is 7.80. The van der Waals surface area contributed by atoms with Crippen LogP contribution in [0, 0.1) is 0 Å². The third-order valence-corrected chi connectivity index (χ3v) is 5.51. The van der Waals surface area contributed by atoms with E-state index in [0.29, 0.717) is 17.9 Å². The Morgan fingerprint density at radius 1 is 1.22 bits per heavy atom. The predicted octanol–water partition coefficient (Wildman–Crippen LogP) is 2.13. The Labute approximate surface area is 185 Å². The van der Waals surface area contributed by atoms with Gasteiger partial charge in [0.2, 0.25) is 12.6 Å². The summed E-state index contributed by atoms with van der Waals surface area (Å²) in [5.74, 6) is 0.238. The molecule has 1 aliphatic carbocycles. The standard InChI is InChI=1S/C23H25N3O6/c1-4-14(12-8-9-16-17(10-12)32-11-31-16)24-18-19(22(29)21(18)28)25-15-7-5-6-13(20(15)27)23(30)26(2)3/h5-10,14,22,24-25,27,29H,4,11H2,1-3H3. The van der Waals surface area contributed by atoms with Crippen LogP contribution < -0.4 is 20.1 Å². The van der Waals surface area contributed by atoms with E-state index in [1.54, 1.807) is 26.2 Å². The number of phenolic OH excluding ortho intramolecular Hbond substituents is 1. The molecule has 1 heterocycles. The molecule has 0 fully saturated rings. The molecule has 4 N–H and O–H groups in total. The molecule has 4 rings (SSSR count). The predicted molar refractivity (Wildman–Crippen MR) is 117 cm³/mol. The minimum atomic E-state index is -1.35. The maximum Gasteiger partial charge on any atom is 0.257 e. The van der Waals surface area contributed by atoms with Crippen LogP contribution in [0.2, 0.25) is 0 Å². The summed E-state index contributed by atoms with van der Waals surface area (Å²) >= 11 is 0. The number of ketones is 1. The van der Waals surface area contributed by atoms with Crippen molar-refractivity contribution >= 4 is 17.4 Å². The van der Waals surface area contributed by atoms with E-state index >= 15 is 0 Å². The molecule has 9 nitrogen and oxygen atoms in total. The van der Waals surface area contributed by atoms with Gasteiger partial charge in [-0.1, -0.05) is 19.1 Å². The number of nitrogens with zero attached hydrogens (tertiary/aromatic N) is 1. The largest absolute Gasteiger partial charge is 0.505 e. The number of aliphatic hydroxyl groups excluding tert-OH is 1. The van der Waals surface area contributed by atoms with Crippen molar-refractivity contribution in [3.63, 3.8) is 0 Å². The van der Waals surface area contributed by atoms with Crippen LogP contribution in [0.15, 0.2) is 47.8 Å². The molecule has 1 aliphatic heterocycles. The molecule has 2 aliphatic rings. The molecule has 32 heavy (non-hydrogen) atoms. The number of hydrogen-bond acceptors (Lipinski definition) is 8. The highest BCUT2D eigenvalue weighted by atomic mass is 16.7. The highest BCUT2D eigenvalue weighted by Crippen LogP contribution is 2.37. The lowest BCUT2D eigenvalue weighted by Gasteiger charge is -2.32. The quantitative estimate of drug-likeness (QED) is 0.485. The summed E-state index contributed by atoms with van der Waals surface area (Å²) in [6, 6.07) is 10.0. The van der Waals surface area contributed by atoms with Gasteiger partial charge in [-0.2, -0.15) is 0 Å². The summed E-state index contributed by atoms with van der Waals surface area (Å²) in [6.45, 7) is 2.14. The molecular formula is C23H25N3O6. The van der Waals surface area contributed by atoms with Gasteiger partial charge in [-0.3, -0.25) is 9.59 Å². The maximum absolute atomic E-state index is 12.4. The number of rotatable bonds is 7. The van der Waals surface area contributed by atoms with E-state index in [4.69, 9.17) is 9.47 Å². The first-order valence-electron chi connectivity index (χ1n) is 10.2. The van der Waals surface area contributed by atoms with Crippen molar-refractivity contribution in [2.45, 2.75) is 25.5 Å². The van der Waals surface area contributed by atoms with Gasteiger partial charge >= 0.3 is 0 Å². The number of aromatic hydroxyl groups is 1. The normalized spacial score (nSPS) is 17.6. The second-order valence-electron chi connectivity index (χ2n) is 7.80. The Hall–Kier alpha value is -3.72. The SMILES string of the molecule is CCC(NC1=C(Nc2cccc(C(=O)N(C)C)c2O)C(O)C1=O)c1ccc2c(c1)OCO2. The van der Waals surface area contributed by atoms with Crippen LogP contribution in [0.4, 0.5) is 5.69 Å². The van der Waals surface area contributed by atoms with Gasteiger partial charge in [0.1, 0.15) is 5.70 Å². The van der Waals surface area contributed by atoms with Crippen LogP contribution in [0.5, 0.6) is 17.2 Å². The molecule has 0 saturated heterocycles. The van der Waals surface area contributed by atoms with Crippen molar-refractivity contribution in [3.8, 4) is 17.2 Å². The Kier molecular flexibility index (Phi) is 5.67. The number of aliphatic hydroxyl groups is 1. The lowest BCUT2D eigenvalue weighted by atomic mass is 9.92. The number of Topliss-reactive ketones (excluding diaryl/α,β-unsaturated/α-hetero) is 1. The highest BCUT2D eigenvalue weighted by molar-refractivity contribution is 6.09. The monoisotopic (exact) mass is 439 g/mol. The minimum absolute atomic E-state index is 0.113. The maximum atomic E-state index is 12.4. The number of hydrogen-bond donors (Lipinski definition) is 4. The lowest BCUT2D eigenvalue weighted by Crippen LogP contribution is -2.46. The van der Waals surface area contributed by atoms with Crippen molar-refractivity contribution in [2.24, 2.45) is 0 Å². The number of phenols is 1. The third-order valence-electron chi connectivity index (χ3n) is 5.51. The molecule has 0 radical (unpaired) electrons. The summed E-state index contributed by atoms with van der Waals surface area (Å²) in [4.78, 5) is 26.0. The number of carbonyl (C=O) groups excluding carboxylic acids is 2. The molecule has 9 heteroatoms. The fourth-order valence-corrected chi connectivity index (χ4v) is 3.67. The molecule has 0 aromatic heterocycles. The van der Waals surface area contributed by atoms with Gasteiger partial charge < -0.3 is 35.2 Å². The van der Waals surface area contributed by atoms with E-state index in [1.807, 2.05) is 25.1 Å². The van der Waals surface area contributed by atoms with Gasteiger partial charge in [0, 0.05) is 14.1 Å². The number of benzene rings is 2. The van der Waals surface area contributed by atoms with Gasteiger partial charge in [-0.05, 0) is 36.2 Å². The highest BCUT2D eigenvalue weighted by Gasteiger charge is 2.39.